The predicted molar refractivity (Wildman–Crippen MR) is 125 cm³/mol. The molecule has 4 heterocycles. The van der Waals surface area contributed by atoms with Crippen molar-refractivity contribution >= 4 is 28.2 Å². The third kappa shape index (κ3) is 4.15. The van der Waals surface area contributed by atoms with Crippen LogP contribution in [-0.2, 0) is 6.54 Å². The molecule has 0 unspecified atom stereocenters. The molecular weight excluding hydrogens is 440 g/mol. The number of aromatic amines is 1. The molecule has 1 aliphatic rings. The van der Waals surface area contributed by atoms with Gasteiger partial charge < -0.3 is 14.9 Å². The number of nitrogens with one attached hydrogen (secondary N) is 2. The summed E-state index contributed by atoms with van der Waals surface area (Å²) >= 11 is 0. The van der Waals surface area contributed by atoms with E-state index in [0.29, 0.717) is 17.8 Å². The number of aliphatic imine (C=N–C) groups is 1. The van der Waals surface area contributed by atoms with Gasteiger partial charge in [-0.25, -0.2) is 13.8 Å². The summed E-state index contributed by atoms with van der Waals surface area (Å²) in [5, 5.41) is 3.74. The van der Waals surface area contributed by atoms with Crippen molar-refractivity contribution in [3.63, 3.8) is 0 Å². The summed E-state index contributed by atoms with van der Waals surface area (Å²) in [6, 6.07) is 10.3. The topological polar surface area (TPSA) is 92.1 Å². The number of carbonyl (C=O) groups is 1. The number of pyridine rings is 2. The molecule has 0 bridgehead atoms. The highest BCUT2D eigenvalue weighted by Gasteiger charge is 2.17. The molecule has 0 saturated heterocycles. The minimum atomic E-state index is -0.992. The molecule has 170 valence electrons. The fourth-order valence-electron chi connectivity index (χ4n) is 3.91. The van der Waals surface area contributed by atoms with E-state index in [1.165, 1.54) is 22.9 Å². The highest BCUT2D eigenvalue weighted by atomic mass is 19.2. The van der Waals surface area contributed by atoms with Gasteiger partial charge >= 0.3 is 0 Å². The van der Waals surface area contributed by atoms with Crippen molar-refractivity contribution in [2.75, 3.05) is 13.1 Å². The Morgan fingerprint density at radius 2 is 2.03 bits per heavy atom. The molecule has 9 heteroatoms. The molecule has 0 fully saturated rings. The maximum absolute atomic E-state index is 13.5. The monoisotopic (exact) mass is 459 g/mol. The first-order valence-electron chi connectivity index (χ1n) is 10.6. The number of nitrogens with zero attached hydrogens (tertiary/aromatic N) is 3. The van der Waals surface area contributed by atoms with Crippen molar-refractivity contribution in [3.8, 4) is 0 Å². The molecule has 1 aliphatic heterocycles. The predicted octanol–water partition coefficient (Wildman–Crippen LogP) is 3.32. The molecule has 0 spiro atoms. The Balaban J connectivity index is 1.27. The Bertz CT molecular complexity index is 1530. The van der Waals surface area contributed by atoms with Gasteiger partial charge in [-0.3, -0.25) is 14.6 Å². The van der Waals surface area contributed by atoms with Crippen LogP contribution >= 0.6 is 0 Å². The molecule has 3 aromatic heterocycles. The first kappa shape index (κ1) is 21.4. The largest absolute Gasteiger partial charge is 0.346 e. The molecule has 1 amide bonds. The summed E-state index contributed by atoms with van der Waals surface area (Å²) in [4.78, 5) is 37.4. The number of hydrogen-bond donors (Lipinski definition) is 2. The quantitative estimate of drug-likeness (QED) is 0.463. The summed E-state index contributed by atoms with van der Waals surface area (Å²) in [6.45, 7) is 0.662. The fraction of sp³-hybridized carbons (Fsp3) is 0.120. The highest BCUT2D eigenvalue weighted by molar-refractivity contribution is 6.09. The van der Waals surface area contributed by atoms with Crippen LogP contribution in [0.15, 0.2) is 76.9 Å². The van der Waals surface area contributed by atoms with E-state index in [0.717, 1.165) is 34.3 Å². The first-order chi connectivity index (χ1) is 16.5. The smallest absolute Gasteiger partial charge is 0.263 e. The van der Waals surface area contributed by atoms with Crippen LogP contribution in [0.5, 0.6) is 0 Å². The average molecular weight is 459 g/mol. The molecule has 0 aliphatic carbocycles. The Hall–Kier alpha value is -4.40. The number of halogens is 2. The number of H-pyrrole nitrogens is 1. The SMILES string of the molecule is O=C(NCC1=NCC(c2c[nH]c3ncccc23)=C1)c1cccn(Cc2ccc(F)c(F)c2)c1=O. The number of rotatable bonds is 6. The van der Waals surface area contributed by atoms with E-state index in [9.17, 15) is 18.4 Å². The normalized spacial score (nSPS) is 13.1. The number of benzene rings is 1. The van der Waals surface area contributed by atoms with Gasteiger partial charge in [0, 0.05) is 29.5 Å². The molecule has 2 N–H and O–H groups in total. The Morgan fingerprint density at radius 3 is 2.88 bits per heavy atom. The lowest BCUT2D eigenvalue weighted by Gasteiger charge is -2.09. The minimum Gasteiger partial charge on any atom is -0.346 e. The van der Waals surface area contributed by atoms with Gasteiger partial charge in [-0.15, -0.1) is 0 Å². The number of aromatic nitrogens is 3. The van der Waals surface area contributed by atoms with Gasteiger partial charge in [0.25, 0.3) is 11.5 Å². The summed E-state index contributed by atoms with van der Waals surface area (Å²) < 4.78 is 27.9. The van der Waals surface area contributed by atoms with Gasteiger partial charge in [0.1, 0.15) is 11.2 Å². The van der Waals surface area contributed by atoms with Gasteiger partial charge in [0.05, 0.1) is 25.3 Å². The minimum absolute atomic E-state index is 0.00936. The molecular formula is C25H19F2N5O2. The van der Waals surface area contributed by atoms with Crippen molar-refractivity contribution < 1.29 is 13.6 Å². The van der Waals surface area contributed by atoms with E-state index < -0.39 is 23.1 Å². The zero-order chi connectivity index (χ0) is 23.7. The molecule has 5 rings (SSSR count). The lowest BCUT2D eigenvalue weighted by Crippen LogP contribution is -2.35. The lowest BCUT2D eigenvalue weighted by molar-refractivity contribution is 0.0957. The van der Waals surface area contributed by atoms with E-state index in [2.05, 4.69) is 20.3 Å². The standard InChI is InChI=1S/C25H19F2N5O2/c26-21-6-5-15(9-22(21)27)14-32-8-2-4-19(25(32)34)24(33)31-12-17-10-16(11-29-17)20-13-30-23-18(20)3-1-7-28-23/h1-10,13H,11-12,14H2,(H,28,30)(H,31,33). The first-order valence-corrected chi connectivity index (χ1v) is 10.6. The van der Waals surface area contributed by atoms with Crippen LogP contribution in [0.3, 0.4) is 0 Å². The molecule has 4 aromatic rings. The van der Waals surface area contributed by atoms with Crippen LogP contribution in [0.25, 0.3) is 16.6 Å². The van der Waals surface area contributed by atoms with Crippen molar-refractivity contribution in [1.82, 2.24) is 19.9 Å². The Morgan fingerprint density at radius 1 is 1.15 bits per heavy atom. The molecule has 34 heavy (non-hydrogen) atoms. The maximum Gasteiger partial charge on any atom is 0.263 e. The zero-order valence-corrected chi connectivity index (χ0v) is 17.9. The molecule has 0 saturated carbocycles. The Kier molecular flexibility index (Phi) is 5.59. The van der Waals surface area contributed by atoms with Crippen molar-refractivity contribution in [2.45, 2.75) is 6.54 Å². The van der Waals surface area contributed by atoms with Crippen molar-refractivity contribution in [1.29, 1.82) is 0 Å². The second kappa shape index (κ2) is 8.86. The van der Waals surface area contributed by atoms with E-state index in [1.54, 1.807) is 12.3 Å². The number of fused-ring (bicyclic) bond motifs is 1. The number of carbonyl (C=O) groups excluding carboxylic acids is 1. The third-order valence-electron chi connectivity index (χ3n) is 5.62. The summed E-state index contributed by atoms with van der Waals surface area (Å²) in [6.07, 6.45) is 7.02. The Labute approximate surface area is 192 Å². The van der Waals surface area contributed by atoms with Crippen LogP contribution in [0.1, 0.15) is 21.5 Å². The molecule has 1 aromatic carbocycles. The van der Waals surface area contributed by atoms with Gasteiger partial charge in [0.2, 0.25) is 0 Å². The van der Waals surface area contributed by atoms with Crippen LogP contribution in [0.2, 0.25) is 0 Å². The fourth-order valence-corrected chi connectivity index (χ4v) is 3.91. The van der Waals surface area contributed by atoms with Crippen LogP contribution in [0.4, 0.5) is 8.78 Å². The van der Waals surface area contributed by atoms with E-state index in [4.69, 9.17) is 0 Å². The van der Waals surface area contributed by atoms with Crippen molar-refractivity contribution in [2.24, 2.45) is 4.99 Å². The van der Waals surface area contributed by atoms with Crippen molar-refractivity contribution in [3.05, 3.63) is 106 Å². The second-order valence-electron chi connectivity index (χ2n) is 7.87. The van der Waals surface area contributed by atoms with Gasteiger partial charge in [-0.1, -0.05) is 6.07 Å². The summed E-state index contributed by atoms with van der Waals surface area (Å²) in [5.41, 5.74) is 3.34. The lowest BCUT2D eigenvalue weighted by atomic mass is 10.1. The summed E-state index contributed by atoms with van der Waals surface area (Å²) in [7, 11) is 0. The van der Waals surface area contributed by atoms with E-state index >= 15 is 0 Å². The van der Waals surface area contributed by atoms with E-state index in [1.807, 2.05) is 24.4 Å². The number of amides is 1. The van der Waals surface area contributed by atoms with E-state index in [-0.39, 0.29) is 18.7 Å². The number of hydrogen-bond acceptors (Lipinski definition) is 4. The van der Waals surface area contributed by atoms with Gasteiger partial charge in [0.15, 0.2) is 11.6 Å². The van der Waals surface area contributed by atoms with Gasteiger partial charge in [-0.05, 0) is 53.6 Å². The summed E-state index contributed by atoms with van der Waals surface area (Å²) in [5.74, 6) is -2.49. The average Bonchev–Trinajstić information content (AvgIpc) is 3.48. The second-order valence-corrected chi connectivity index (χ2v) is 7.87. The maximum atomic E-state index is 13.5. The van der Waals surface area contributed by atoms with Gasteiger partial charge in [-0.2, -0.15) is 0 Å². The van der Waals surface area contributed by atoms with Crippen LogP contribution in [-0.4, -0.2) is 39.2 Å². The van der Waals surface area contributed by atoms with Crippen LogP contribution < -0.4 is 10.9 Å². The zero-order valence-electron chi connectivity index (χ0n) is 17.9. The molecule has 7 nitrogen and oxygen atoms in total. The van der Waals surface area contributed by atoms with Crippen LogP contribution in [0, 0.1) is 11.6 Å². The molecule has 0 atom stereocenters. The highest BCUT2D eigenvalue weighted by Crippen LogP contribution is 2.26. The third-order valence-corrected chi connectivity index (χ3v) is 5.62. The molecule has 0 radical (unpaired) electrons.